The van der Waals surface area contributed by atoms with Gasteiger partial charge in [-0.2, -0.15) is 0 Å². The van der Waals surface area contributed by atoms with Gasteiger partial charge in [-0.1, -0.05) is 13.8 Å². The van der Waals surface area contributed by atoms with Crippen LogP contribution < -0.4 is 5.32 Å². The second-order valence-electron chi connectivity index (χ2n) is 7.25. The quantitative estimate of drug-likeness (QED) is 0.783. The molecular formula is C15H25NO. The van der Waals surface area contributed by atoms with Crippen molar-refractivity contribution in [3.63, 3.8) is 0 Å². The van der Waals surface area contributed by atoms with Crippen molar-refractivity contribution in [3.05, 3.63) is 0 Å². The van der Waals surface area contributed by atoms with E-state index in [-0.39, 0.29) is 11.4 Å². The molecule has 1 N–H and O–H groups in total. The van der Waals surface area contributed by atoms with Crippen molar-refractivity contribution >= 4 is 5.91 Å². The fraction of sp³-hybridized carbons (Fsp3) is 0.933. The molecule has 0 aromatic rings. The van der Waals surface area contributed by atoms with Crippen LogP contribution in [-0.4, -0.2) is 11.4 Å². The maximum Gasteiger partial charge on any atom is 0.217 e. The molecule has 2 atom stereocenters. The van der Waals surface area contributed by atoms with Crippen molar-refractivity contribution in [1.82, 2.24) is 5.32 Å². The summed E-state index contributed by atoms with van der Waals surface area (Å²) in [5.74, 6) is 4.58. The summed E-state index contributed by atoms with van der Waals surface area (Å²) in [4.78, 5) is 11.4. The molecule has 17 heavy (non-hydrogen) atoms. The summed E-state index contributed by atoms with van der Waals surface area (Å²) >= 11 is 0. The molecular weight excluding hydrogens is 210 g/mol. The highest BCUT2D eigenvalue weighted by Crippen LogP contribution is 2.59. The zero-order chi connectivity index (χ0) is 12.2. The Labute approximate surface area is 105 Å². The van der Waals surface area contributed by atoms with Crippen LogP contribution in [0.15, 0.2) is 0 Å². The van der Waals surface area contributed by atoms with Crippen LogP contribution in [0.1, 0.15) is 52.9 Å². The zero-order valence-corrected chi connectivity index (χ0v) is 11.3. The van der Waals surface area contributed by atoms with E-state index in [4.69, 9.17) is 0 Å². The lowest BCUT2D eigenvalue weighted by Gasteiger charge is -2.61. The Balaban J connectivity index is 1.84. The van der Waals surface area contributed by atoms with Crippen molar-refractivity contribution in [2.75, 3.05) is 0 Å². The number of nitrogens with one attached hydrogen (secondary N) is 1. The molecule has 0 aromatic heterocycles. The average molecular weight is 235 g/mol. The molecule has 0 radical (unpaired) electrons. The van der Waals surface area contributed by atoms with Gasteiger partial charge in [0.15, 0.2) is 0 Å². The minimum atomic E-state index is 0.174. The third-order valence-corrected chi connectivity index (χ3v) is 5.56. The van der Waals surface area contributed by atoms with Crippen LogP contribution in [0.2, 0.25) is 0 Å². The minimum absolute atomic E-state index is 0.174. The molecule has 2 unspecified atom stereocenters. The van der Waals surface area contributed by atoms with E-state index in [1.54, 1.807) is 6.92 Å². The molecule has 0 spiro atoms. The summed E-state index contributed by atoms with van der Waals surface area (Å²) in [7, 11) is 0. The minimum Gasteiger partial charge on any atom is -0.351 e. The largest absolute Gasteiger partial charge is 0.351 e. The monoisotopic (exact) mass is 235 g/mol. The molecule has 0 aliphatic heterocycles. The third kappa shape index (κ3) is 1.80. The highest BCUT2D eigenvalue weighted by Gasteiger charge is 2.55. The lowest BCUT2D eigenvalue weighted by Crippen LogP contribution is -2.62. The van der Waals surface area contributed by atoms with Gasteiger partial charge < -0.3 is 5.32 Å². The third-order valence-electron chi connectivity index (χ3n) is 5.56. The molecule has 96 valence electrons. The summed E-state index contributed by atoms with van der Waals surface area (Å²) in [5.41, 5.74) is 0.188. The molecule has 4 fully saturated rings. The Morgan fingerprint density at radius 1 is 1.18 bits per heavy atom. The van der Waals surface area contributed by atoms with Gasteiger partial charge in [0, 0.05) is 12.5 Å². The summed E-state index contributed by atoms with van der Waals surface area (Å²) < 4.78 is 0. The van der Waals surface area contributed by atoms with Crippen LogP contribution in [0, 0.1) is 29.6 Å². The van der Waals surface area contributed by atoms with Gasteiger partial charge in [0.05, 0.1) is 0 Å². The van der Waals surface area contributed by atoms with Gasteiger partial charge in [0.1, 0.15) is 0 Å². The van der Waals surface area contributed by atoms with Crippen LogP contribution in [0.5, 0.6) is 0 Å². The number of carbonyl (C=O) groups is 1. The summed E-state index contributed by atoms with van der Waals surface area (Å²) in [6, 6.07) is 0. The van der Waals surface area contributed by atoms with Crippen molar-refractivity contribution < 1.29 is 4.79 Å². The van der Waals surface area contributed by atoms with Gasteiger partial charge in [-0.3, -0.25) is 4.79 Å². The second kappa shape index (κ2) is 3.73. The standard InChI is InChI=1S/C15H25NO/c1-9(2)14-12-4-11-5-13(14)8-15(6-11,7-12)16-10(3)17/h9,11-14H,4-8H2,1-3H3,(H,16,17). The van der Waals surface area contributed by atoms with Gasteiger partial charge in [-0.25, -0.2) is 0 Å². The lowest BCUT2D eigenvalue weighted by molar-refractivity contribution is -0.128. The Hall–Kier alpha value is -0.530. The van der Waals surface area contributed by atoms with E-state index < -0.39 is 0 Å². The Kier molecular flexibility index (Phi) is 2.53. The number of hydrogen-bond donors (Lipinski definition) is 1. The van der Waals surface area contributed by atoms with Crippen LogP contribution in [0.3, 0.4) is 0 Å². The van der Waals surface area contributed by atoms with E-state index >= 15 is 0 Å². The van der Waals surface area contributed by atoms with Crippen molar-refractivity contribution in [2.45, 2.75) is 58.4 Å². The number of carbonyl (C=O) groups excluding carboxylic acids is 1. The number of hydrogen-bond acceptors (Lipinski definition) is 1. The SMILES string of the molecule is CC(=O)NC12CC3CC(C1)C(C(C)C)C(C3)C2. The maximum absolute atomic E-state index is 11.4. The van der Waals surface area contributed by atoms with E-state index in [1.807, 2.05) is 0 Å². The molecule has 4 aliphatic rings. The first kappa shape index (κ1) is 11.6. The Morgan fingerprint density at radius 3 is 2.24 bits per heavy atom. The Bertz CT molecular complexity index is 320. The molecule has 4 bridgehead atoms. The van der Waals surface area contributed by atoms with Crippen molar-refractivity contribution in [2.24, 2.45) is 29.6 Å². The molecule has 4 rings (SSSR count). The normalized spacial score (nSPS) is 47.5. The van der Waals surface area contributed by atoms with Gasteiger partial charge >= 0.3 is 0 Å². The molecule has 4 saturated carbocycles. The number of rotatable bonds is 2. The van der Waals surface area contributed by atoms with E-state index in [9.17, 15) is 4.79 Å². The van der Waals surface area contributed by atoms with E-state index in [0.29, 0.717) is 0 Å². The number of amides is 1. The molecule has 4 aliphatic carbocycles. The topological polar surface area (TPSA) is 29.1 Å². The van der Waals surface area contributed by atoms with Gasteiger partial charge in [-0.05, 0) is 61.7 Å². The van der Waals surface area contributed by atoms with Crippen LogP contribution in [0.4, 0.5) is 0 Å². The molecule has 1 amide bonds. The summed E-state index contributed by atoms with van der Waals surface area (Å²) in [6.45, 7) is 6.45. The summed E-state index contributed by atoms with van der Waals surface area (Å²) in [5, 5.41) is 3.31. The van der Waals surface area contributed by atoms with Crippen molar-refractivity contribution in [3.8, 4) is 0 Å². The first-order chi connectivity index (χ1) is 7.99. The molecule has 2 heteroatoms. The smallest absolute Gasteiger partial charge is 0.217 e. The fourth-order valence-electron chi connectivity index (χ4n) is 5.68. The predicted molar refractivity (Wildman–Crippen MR) is 68.4 cm³/mol. The zero-order valence-electron chi connectivity index (χ0n) is 11.3. The van der Waals surface area contributed by atoms with E-state index in [2.05, 4.69) is 19.2 Å². The highest BCUT2D eigenvalue weighted by atomic mass is 16.1. The molecule has 0 aromatic carbocycles. The van der Waals surface area contributed by atoms with Crippen LogP contribution in [0.25, 0.3) is 0 Å². The first-order valence-corrected chi connectivity index (χ1v) is 7.28. The molecule has 2 nitrogen and oxygen atoms in total. The Morgan fingerprint density at radius 2 is 1.76 bits per heavy atom. The van der Waals surface area contributed by atoms with Crippen molar-refractivity contribution in [1.29, 1.82) is 0 Å². The molecule has 0 saturated heterocycles. The average Bonchev–Trinajstić information content (AvgIpc) is 2.11. The van der Waals surface area contributed by atoms with E-state index in [0.717, 1.165) is 29.6 Å². The predicted octanol–water partition coefficient (Wildman–Crippen LogP) is 2.97. The lowest BCUT2D eigenvalue weighted by atomic mass is 9.47. The highest BCUT2D eigenvalue weighted by molar-refractivity contribution is 5.74. The van der Waals surface area contributed by atoms with Crippen LogP contribution >= 0.6 is 0 Å². The van der Waals surface area contributed by atoms with Crippen LogP contribution in [-0.2, 0) is 4.79 Å². The fourth-order valence-corrected chi connectivity index (χ4v) is 5.68. The van der Waals surface area contributed by atoms with Gasteiger partial charge in [0.25, 0.3) is 0 Å². The molecule has 0 heterocycles. The second-order valence-corrected chi connectivity index (χ2v) is 7.25. The maximum atomic E-state index is 11.4. The van der Waals surface area contributed by atoms with Gasteiger partial charge in [-0.15, -0.1) is 0 Å². The van der Waals surface area contributed by atoms with Gasteiger partial charge in [0.2, 0.25) is 5.91 Å². The summed E-state index contributed by atoms with van der Waals surface area (Å²) in [6.07, 6.45) is 6.62. The first-order valence-electron chi connectivity index (χ1n) is 7.28. The van der Waals surface area contributed by atoms with E-state index in [1.165, 1.54) is 32.1 Å².